The lowest BCUT2D eigenvalue weighted by Crippen LogP contribution is -2.53. The van der Waals surface area contributed by atoms with E-state index >= 15 is 0 Å². The second-order valence-corrected chi connectivity index (χ2v) is 8.02. The van der Waals surface area contributed by atoms with Crippen LogP contribution in [-0.2, 0) is 11.3 Å². The summed E-state index contributed by atoms with van der Waals surface area (Å²) in [5.74, 6) is 0.587. The lowest BCUT2D eigenvalue weighted by molar-refractivity contribution is -0.125. The molecule has 4 rings (SSSR count). The number of urea groups is 1. The molecule has 0 spiro atoms. The maximum atomic E-state index is 12.8. The predicted octanol–water partition coefficient (Wildman–Crippen LogP) is 1.80. The summed E-state index contributed by atoms with van der Waals surface area (Å²) < 4.78 is 0. The van der Waals surface area contributed by atoms with Crippen LogP contribution < -0.4 is 16.4 Å². The molecule has 8 heteroatoms. The molecule has 4 amide bonds. The minimum Gasteiger partial charge on any atom is -0.349 e. The van der Waals surface area contributed by atoms with Crippen LogP contribution in [0.2, 0.25) is 0 Å². The third-order valence-electron chi connectivity index (χ3n) is 6.14. The number of fused-ring (bicyclic) bond motifs is 2. The Morgan fingerprint density at radius 2 is 1.93 bits per heavy atom. The number of carbonyl (C=O) groups is 3. The van der Waals surface area contributed by atoms with Crippen molar-refractivity contribution in [3.8, 4) is 0 Å². The number of benzene rings is 1. The molecule has 2 bridgehead atoms. The summed E-state index contributed by atoms with van der Waals surface area (Å²) in [5.41, 5.74) is 7.50. The van der Waals surface area contributed by atoms with E-state index in [9.17, 15) is 14.4 Å². The largest absolute Gasteiger partial charge is 0.349 e. The second-order valence-electron chi connectivity index (χ2n) is 8.02. The fraction of sp³-hybridized carbons (Fsp3) is 0.550. The average Bonchev–Trinajstić information content (AvgIpc) is 2.95. The van der Waals surface area contributed by atoms with Crippen molar-refractivity contribution >= 4 is 30.3 Å². The summed E-state index contributed by atoms with van der Waals surface area (Å²) in [6.45, 7) is 0.209. The molecule has 1 aromatic rings. The number of amides is 4. The average molecular weight is 407 g/mol. The van der Waals surface area contributed by atoms with Gasteiger partial charge in [-0.1, -0.05) is 18.6 Å². The summed E-state index contributed by atoms with van der Waals surface area (Å²) in [6.07, 6.45) is 5.43. The molecule has 4 N–H and O–H groups in total. The summed E-state index contributed by atoms with van der Waals surface area (Å²) in [4.78, 5) is 37.5. The smallest absolute Gasteiger partial charge is 0.324 e. The molecule has 0 aromatic heterocycles. The van der Waals surface area contributed by atoms with Gasteiger partial charge in [0.05, 0.1) is 13.1 Å². The molecule has 152 valence electrons. The van der Waals surface area contributed by atoms with Crippen molar-refractivity contribution in [3.63, 3.8) is 0 Å². The molecule has 1 aromatic carbocycles. The Morgan fingerprint density at radius 3 is 2.57 bits per heavy atom. The van der Waals surface area contributed by atoms with Crippen LogP contribution in [0, 0.1) is 11.8 Å². The highest BCUT2D eigenvalue weighted by Crippen LogP contribution is 2.39. The van der Waals surface area contributed by atoms with Crippen molar-refractivity contribution in [2.75, 3.05) is 6.54 Å². The van der Waals surface area contributed by atoms with Crippen LogP contribution in [0.15, 0.2) is 24.3 Å². The highest BCUT2D eigenvalue weighted by atomic mass is 35.5. The Bertz CT molecular complexity index is 742. The fourth-order valence-corrected chi connectivity index (χ4v) is 4.87. The third kappa shape index (κ3) is 4.15. The van der Waals surface area contributed by atoms with Gasteiger partial charge < -0.3 is 16.4 Å². The van der Waals surface area contributed by atoms with Crippen molar-refractivity contribution in [2.45, 2.75) is 50.7 Å². The van der Waals surface area contributed by atoms with Crippen LogP contribution in [0.1, 0.15) is 48.0 Å². The van der Waals surface area contributed by atoms with Gasteiger partial charge in [-0.25, -0.2) is 4.79 Å². The number of carbonyl (C=O) groups excluding carboxylic acids is 3. The lowest BCUT2D eigenvalue weighted by atomic mass is 9.67. The number of nitrogens with two attached hydrogens (primary N) is 1. The molecule has 2 aliphatic carbocycles. The Kier molecular flexibility index (Phi) is 6.25. The van der Waals surface area contributed by atoms with E-state index in [0.717, 1.165) is 31.2 Å². The molecule has 3 fully saturated rings. The van der Waals surface area contributed by atoms with Crippen LogP contribution in [0.3, 0.4) is 0 Å². The van der Waals surface area contributed by atoms with E-state index in [-0.39, 0.29) is 55.4 Å². The van der Waals surface area contributed by atoms with Gasteiger partial charge in [-0.05, 0) is 55.2 Å². The van der Waals surface area contributed by atoms with E-state index in [2.05, 4.69) is 10.6 Å². The first-order chi connectivity index (χ1) is 13.0. The summed E-state index contributed by atoms with van der Waals surface area (Å²) in [5, 5.41) is 5.75. The molecule has 7 nitrogen and oxygen atoms in total. The van der Waals surface area contributed by atoms with Gasteiger partial charge in [0.25, 0.3) is 5.91 Å². The van der Waals surface area contributed by atoms with Crippen molar-refractivity contribution in [1.82, 2.24) is 15.5 Å². The molecule has 3 aliphatic rings. The van der Waals surface area contributed by atoms with Crippen LogP contribution in [0.4, 0.5) is 4.79 Å². The van der Waals surface area contributed by atoms with Crippen LogP contribution in [0.5, 0.6) is 0 Å². The highest BCUT2D eigenvalue weighted by Gasteiger charge is 2.40. The summed E-state index contributed by atoms with van der Waals surface area (Å²) in [7, 11) is 0. The molecule has 2 saturated carbocycles. The maximum Gasteiger partial charge on any atom is 0.324 e. The molecule has 1 aliphatic heterocycles. The van der Waals surface area contributed by atoms with Gasteiger partial charge in [-0.15, -0.1) is 12.4 Å². The molecule has 1 saturated heterocycles. The SMILES string of the molecule is Cl.NC1CC2CCCC(C1)C2NC(=O)c1cccc(CN2C(=O)CNC2=O)c1. The van der Waals surface area contributed by atoms with Crippen molar-refractivity contribution < 1.29 is 14.4 Å². The molecule has 0 radical (unpaired) electrons. The number of hydrogen-bond acceptors (Lipinski definition) is 4. The number of hydrogen-bond donors (Lipinski definition) is 3. The summed E-state index contributed by atoms with van der Waals surface area (Å²) >= 11 is 0. The normalized spacial score (nSPS) is 29.1. The highest BCUT2D eigenvalue weighted by molar-refractivity contribution is 6.02. The van der Waals surface area contributed by atoms with Gasteiger partial charge in [0.15, 0.2) is 0 Å². The lowest BCUT2D eigenvalue weighted by Gasteiger charge is -2.45. The van der Waals surface area contributed by atoms with Gasteiger partial charge in [0, 0.05) is 17.6 Å². The number of halogens is 1. The fourth-order valence-electron chi connectivity index (χ4n) is 4.87. The molecular weight excluding hydrogens is 380 g/mol. The molecular formula is C20H27ClN4O3. The zero-order valence-corrected chi connectivity index (χ0v) is 16.5. The van der Waals surface area contributed by atoms with E-state index in [1.54, 1.807) is 18.2 Å². The minimum atomic E-state index is -0.388. The topological polar surface area (TPSA) is 105 Å². The maximum absolute atomic E-state index is 12.8. The molecule has 2 unspecified atom stereocenters. The van der Waals surface area contributed by atoms with Gasteiger partial charge in [0.2, 0.25) is 5.91 Å². The monoisotopic (exact) mass is 406 g/mol. The number of imide groups is 1. The molecule has 1 heterocycles. The van der Waals surface area contributed by atoms with E-state index in [1.165, 1.54) is 11.3 Å². The standard InChI is InChI=1S/C20H26N4O3.ClH/c21-16-8-13-4-2-5-14(9-16)18(13)23-19(26)15-6-1-3-12(7-15)11-24-17(25)10-22-20(24)27;/h1,3,6-7,13-14,16,18H,2,4-5,8-11,21H2,(H,22,27)(H,23,26);1H. The van der Waals surface area contributed by atoms with E-state index < -0.39 is 0 Å². The van der Waals surface area contributed by atoms with Crippen molar-refractivity contribution in [3.05, 3.63) is 35.4 Å². The van der Waals surface area contributed by atoms with E-state index in [0.29, 0.717) is 17.4 Å². The van der Waals surface area contributed by atoms with Crippen molar-refractivity contribution in [2.24, 2.45) is 17.6 Å². The Labute approximate surface area is 170 Å². The Balaban J connectivity index is 0.00000225. The van der Waals surface area contributed by atoms with E-state index in [4.69, 9.17) is 5.73 Å². The number of nitrogens with zero attached hydrogens (tertiary/aromatic N) is 1. The molecule has 2 atom stereocenters. The minimum absolute atomic E-state index is 0. The first-order valence-electron chi connectivity index (χ1n) is 9.75. The quantitative estimate of drug-likeness (QED) is 0.663. The third-order valence-corrected chi connectivity index (χ3v) is 6.14. The first kappa shape index (κ1) is 20.6. The Morgan fingerprint density at radius 1 is 1.21 bits per heavy atom. The van der Waals surface area contributed by atoms with E-state index in [1.807, 2.05) is 6.07 Å². The Hall–Kier alpha value is -2.12. The second kappa shape index (κ2) is 8.49. The summed E-state index contributed by atoms with van der Waals surface area (Å²) in [6, 6.07) is 7.21. The van der Waals surface area contributed by atoms with Crippen LogP contribution >= 0.6 is 12.4 Å². The van der Waals surface area contributed by atoms with Gasteiger partial charge in [-0.3, -0.25) is 14.5 Å². The van der Waals surface area contributed by atoms with Gasteiger partial charge in [-0.2, -0.15) is 0 Å². The van der Waals surface area contributed by atoms with Crippen LogP contribution in [0.25, 0.3) is 0 Å². The van der Waals surface area contributed by atoms with Gasteiger partial charge >= 0.3 is 6.03 Å². The predicted molar refractivity (Wildman–Crippen MR) is 107 cm³/mol. The zero-order valence-electron chi connectivity index (χ0n) is 15.7. The van der Waals surface area contributed by atoms with Gasteiger partial charge in [0.1, 0.15) is 0 Å². The number of nitrogens with one attached hydrogen (secondary N) is 2. The first-order valence-corrected chi connectivity index (χ1v) is 9.75. The van der Waals surface area contributed by atoms with Crippen LogP contribution in [-0.4, -0.2) is 41.4 Å². The van der Waals surface area contributed by atoms with Crippen molar-refractivity contribution in [1.29, 1.82) is 0 Å². The molecule has 28 heavy (non-hydrogen) atoms. The zero-order chi connectivity index (χ0) is 19.0. The number of rotatable bonds is 4.